The predicted molar refractivity (Wildman–Crippen MR) is 117 cm³/mol. The summed E-state index contributed by atoms with van der Waals surface area (Å²) in [5.41, 5.74) is 1.57. The van der Waals surface area contributed by atoms with Crippen LogP contribution in [0.25, 0.3) is 0 Å². The van der Waals surface area contributed by atoms with Gasteiger partial charge in [-0.05, 0) is 68.2 Å². The van der Waals surface area contributed by atoms with Gasteiger partial charge in [0.05, 0.1) is 32.0 Å². The molecule has 160 valence electrons. The number of carbonyl (C=O) groups excluding carboxylic acids is 2. The van der Waals surface area contributed by atoms with Crippen molar-refractivity contribution < 1.29 is 19.1 Å². The molecule has 1 heterocycles. The molecule has 0 atom stereocenters. The molecule has 1 aliphatic rings. The lowest BCUT2D eigenvalue weighted by atomic mass is 9.98. The third-order valence-electron chi connectivity index (χ3n) is 5.30. The summed E-state index contributed by atoms with van der Waals surface area (Å²) >= 11 is 0. The highest BCUT2D eigenvalue weighted by Crippen LogP contribution is 2.30. The highest BCUT2D eigenvalue weighted by atomic mass is 16.5. The minimum atomic E-state index is -0.159. The first-order valence-corrected chi connectivity index (χ1v) is 10.2. The number of methoxy groups -OCH3 is 2. The van der Waals surface area contributed by atoms with E-state index in [0.29, 0.717) is 40.8 Å². The third kappa shape index (κ3) is 5.51. The van der Waals surface area contributed by atoms with Gasteiger partial charge in [0.25, 0.3) is 0 Å². The van der Waals surface area contributed by atoms with Crippen molar-refractivity contribution in [1.29, 1.82) is 0 Å². The van der Waals surface area contributed by atoms with E-state index in [-0.39, 0.29) is 18.2 Å². The predicted octanol–water partition coefficient (Wildman–Crippen LogP) is 2.46. The Morgan fingerprint density at radius 3 is 2.43 bits per heavy atom. The first-order valence-electron chi connectivity index (χ1n) is 10.2. The minimum Gasteiger partial charge on any atom is -0.497 e. The van der Waals surface area contributed by atoms with Gasteiger partial charge in [-0.15, -0.1) is 0 Å². The van der Waals surface area contributed by atoms with Crippen LogP contribution in [0, 0.1) is 5.92 Å². The van der Waals surface area contributed by atoms with Crippen molar-refractivity contribution in [2.24, 2.45) is 5.92 Å². The molecule has 1 fully saturated rings. The van der Waals surface area contributed by atoms with Crippen molar-refractivity contribution in [1.82, 2.24) is 10.6 Å². The van der Waals surface area contributed by atoms with Crippen LogP contribution in [0.4, 0.5) is 5.69 Å². The summed E-state index contributed by atoms with van der Waals surface area (Å²) in [6, 6.07) is 12.2. The molecule has 0 aromatic heterocycles. The van der Waals surface area contributed by atoms with Crippen LogP contribution in [0.2, 0.25) is 0 Å². The monoisotopic (exact) mass is 411 g/mol. The molecule has 1 aliphatic heterocycles. The Balaban J connectivity index is 1.63. The van der Waals surface area contributed by atoms with E-state index in [0.717, 1.165) is 25.9 Å². The van der Waals surface area contributed by atoms with Gasteiger partial charge in [-0.1, -0.05) is 6.07 Å². The summed E-state index contributed by atoms with van der Waals surface area (Å²) < 4.78 is 10.6. The second kappa shape index (κ2) is 10.6. The van der Waals surface area contributed by atoms with Crippen LogP contribution < -0.4 is 25.4 Å². The summed E-state index contributed by atoms with van der Waals surface area (Å²) in [4.78, 5) is 25.2. The maximum absolute atomic E-state index is 13.0. The SMILES string of the molecule is COc1ccc(C(=O)c2cccc(NCC(=O)NCC3CCNCC3)c2OC)cc1. The zero-order valence-corrected chi connectivity index (χ0v) is 17.5. The molecule has 7 nitrogen and oxygen atoms in total. The molecule has 1 saturated heterocycles. The average molecular weight is 412 g/mol. The Morgan fingerprint density at radius 2 is 1.77 bits per heavy atom. The van der Waals surface area contributed by atoms with Crippen LogP contribution in [0.15, 0.2) is 42.5 Å². The van der Waals surface area contributed by atoms with Gasteiger partial charge in [-0.25, -0.2) is 0 Å². The summed E-state index contributed by atoms with van der Waals surface area (Å²) in [5, 5.41) is 9.40. The summed E-state index contributed by atoms with van der Waals surface area (Å²) in [7, 11) is 3.10. The number of hydrogen-bond acceptors (Lipinski definition) is 6. The standard InChI is InChI=1S/C23H29N3O4/c1-29-18-8-6-17(7-9-18)22(28)19-4-3-5-20(23(19)30-2)25-15-21(27)26-14-16-10-12-24-13-11-16/h3-9,16,24-25H,10-15H2,1-2H3,(H,26,27). The van der Waals surface area contributed by atoms with Gasteiger partial charge in [0.15, 0.2) is 11.5 Å². The van der Waals surface area contributed by atoms with Crippen molar-refractivity contribution in [3.05, 3.63) is 53.6 Å². The Bertz CT molecular complexity index is 861. The van der Waals surface area contributed by atoms with E-state index in [1.165, 1.54) is 7.11 Å². The minimum absolute atomic E-state index is 0.0810. The highest BCUT2D eigenvalue weighted by Gasteiger charge is 2.18. The molecule has 7 heteroatoms. The van der Waals surface area contributed by atoms with Gasteiger partial charge in [0.1, 0.15) is 5.75 Å². The number of para-hydroxylation sites is 1. The van der Waals surface area contributed by atoms with Crippen molar-refractivity contribution in [3.63, 3.8) is 0 Å². The van der Waals surface area contributed by atoms with E-state index in [9.17, 15) is 9.59 Å². The molecular weight excluding hydrogens is 382 g/mol. The zero-order valence-electron chi connectivity index (χ0n) is 17.5. The quantitative estimate of drug-likeness (QED) is 0.550. The van der Waals surface area contributed by atoms with Crippen LogP contribution in [0.1, 0.15) is 28.8 Å². The molecule has 0 unspecified atom stereocenters. The van der Waals surface area contributed by atoms with Gasteiger partial charge in [-0.3, -0.25) is 9.59 Å². The molecule has 0 bridgehead atoms. The van der Waals surface area contributed by atoms with E-state index in [2.05, 4.69) is 16.0 Å². The largest absolute Gasteiger partial charge is 0.497 e. The van der Waals surface area contributed by atoms with Crippen LogP contribution in [-0.2, 0) is 4.79 Å². The van der Waals surface area contributed by atoms with Crippen LogP contribution in [-0.4, -0.2) is 52.1 Å². The Kier molecular flexibility index (Phi) is 7.68. The van der Waals surface area contributed by atoms with Crippen molar-refractivity contribution >= 4 is 17.4 Å². The normalized spacial score (nSPS) is 14.1. The molecule has 0 aliphatic carbocycles. The lowest BCUT2D eigenvalue weighted by Gasteiger charge is -2.22. The lowest BCUT2D eigenvalue weighted by Crippen LogP contribution is -2.38. The fourth-order valence-electron chi connectivity index (χ4n) is 3.55. The number of anilines is 1. The van der Waals surface area contributed by atoms with Crippen LogP contribution >= 0.6 is 0 Å². The number of nitrogens with one attached hydrogen (secondary N) is 3. The molecule has 2 aromatic rings. The fourth-order valence-corrected chi connectivity index (χ4v) is 3.55. The number of benzene rings is 2. The molecular formula is C23H29N3O4. The molecule has 30 heavy (non-hydrogen) atoms. The summed E-state index contributed by atoms with van der Waals surface area (Å²) in [6.07, 6.45) is 2.16. The molecule has 3 rings (SSSR count). The van der Waals surface area contributed by atoms with E-state index < -0.39 is 0 Å². The number of carbonyl (C=O) groups is 2. The van der Waals surface area contributed by atoms with Crippen molar-refractivity contribution in [2.45, 2.75) is 12.8 Å². The van der Waals surface area contributed by atoms with Crippen LogP contribution in [0.3, 0.4) is 0 Å². The molecule has 1 amide bonds. The highest BCUT2D eigenvalue weighted by molar-refractivity contribution is 6.11. The maximum atomic E-state index is 13.0. The number of piperidine rings is 1. The topological polar surface area (TPSA) is 88.7 Å². The Hall–Kier alpha value is -3.06. The first kappa shape index (κ1) is 21.6. The van der Waals surface area contributed by atoms with E-state index in [1.54, 1.807) is 49.6 Å². The Labute approximate surface area is 177 Å². The number of amides is 1. The number of hydrogen-bond donors (Lipinski definition) is 3. The van der Waals surface area contributed by atoms with Gasteiger partial charge in [-0.2, -0.15) is 0 Å². The molecule has 3 N–H and O–H groups in total. The molecule has 2 aromatic carbocycles. The Morgan fingerprint density at radius 1 is 1.03 bits per heavy atom. The lowest BCUT2D eigenvalue weighted by molar-refractivity contribution is -0.119. The summed E-state index contributed by atoms with van der Waals surface area (Å²) in [6.45, 7) is 2.81. The first-order chi connectivity index (χ1) is 14.6. The second-order valence-corrected chi connectivity index (χ2v) is 7.30. The van der Waals surface area contributed by atoms with E-state index >= 15 is 0 Å². The van der Waals surface area contributed by atoms with Gasteiger partial charge in [0.2, 0.25) is 5.91 Å². The van der Waals surface area contributed by atoms with Crippen molar-refractivity contribution in [2.75, 3.05) is 45.7 Å². The summed E-state index contributed by atoms with van der Waals surface area (Å²) in [5.74, 6) is 1.39. The van der Waals surface area contributed by atoms with Gasteiger partial charge < -0.3 is 25.4 Å². The molecule has 0 saturated carbocycles. The molecule has 0 spiro atoms. The number of rotatable bonds is 9. The third-order valence-corrected chi connectivity index (χ3v) is 5.30. The van der Waals surface area contributed by atoms with Gasteiger partial charge in [0, 0.05) is 12.1 Å². The second-order valence-electron chi connectivity index (χ2n) is 7.30. The smallest absolute Gasteiger partial charge is 0.239 e. The van der Waals surface area contributed by atoms with Gasteiger partial charge >= 0.3 is 0 Å². The fraction of sp³-hybridized carbons (Fsp3) is 0.391. The number of ketones is 1. The maximum Gasteiger partial charge on any atom is 0.239 e. The van der Waals surface area contributed by atoms with Crippen LogP contribution in [0.5, 0.6) is 11.5 Å². The zero-order chi connectivity index (χ0) is 21.3. The average Bonchev–Trinajstić information content (AvgIpc) is 2.81. The van der Waals surface area contributed by atoms with E-state index in [4.69, 9.17) is 9.47 Å². The number of ether oxygens (including phenoxy) is 2. The molecule has 0 radical (unpaired) electrons. The van der Waals surface area contributed by atoms with E-state index in [1.807, 2.05) is 0 Å². The van der Waals surface area contributed by atoms with Crippen molar-refractivity contribution in [3.8, 4) is 11.5 Å².